The van der Waals surface area contributed by atoms with Crippen LogP contribution in [0.2, 0.25) is 0 Å². The summed E-state index contributed by atoms with van der Waals surface area (Å²) in [6.45, 7) is 0. The normalized spacial score (nSPS) is 10.7. The first-order chi connectivity index (χ1) is 14.1. The van der Waals surface area contributed by atoms with Crippen molar-refractivity contribution in [1.29, 1.82) is 0 Å². The van der Waals surface area contributed by atoms with Crippen molar-refractivity contribution in [3.8, 4) is 11.5 Å². The number of thiazole rings is 2. The first-order valence-corrected chi connectivity index (χ1v) is 10.4. The molecule has 2 N–H and O–H groups in total. The number of nitrogens with zero attached hydrogens (tertiary/aromatic N) is 2. The molecule has 29 heavy (non-hydrogen) atoms. The topological polar surface area (TPSA) is 85.4 Å². The summed E-state index contributed by atoms with van der Waals surface area (Å²) in [6.07, 6.45) is 0.170. The maximum absolute atomic E-state index is 12.4. The molecule has 2 aromatic carbocycles. The first kappa shape index (κ1) is 19.2. The van der Waals surface area contributed by atoms with E-state index in [0.717, 1.165) is 15.9 Å². The van der Waals surface area contributed by atoms with E-state index in [-0.39, 0.29) is 12.3 Å². The number of nitrogens with one attached hydrogen (secondary N) is 2. The Hall–Kier alpha value is -3.17. The van der Waals surface area contributed by atoms with Crippen LogP contribution in [0.1, 0.15) is 5.69 Å². The van der Waals surface area contributed by atoms with Crippen molar-refractivity contribution < 1.29 is 14.3 Å². The summed E-state index contributed by atoms with van der Waals surface area (Å²) in [5, 5.41) is 9.18. The van der Waals surface area contributed by atoms with Gasteiger partial charge in [-0.25, -0.2) is 9.97 Å². The molecule has 0 aliphatic carbocycles. The monoisotopic (exact) mass is 426 g/mol. The Morgan fingerprint density at radius 1 is 1.07 bits per heavy atom. The minimum absolute atomic E-state index is 0.153. The maximum Gasteiger partial charge on any atom is 0.232 e. The number of fused-ring (bicyclic) bond motifs is 1. The Morgan fingerprint density at radius 2 is 1.93 bits per heavy atom. The van der Waals surface area contributed by atoms with E-state index < -0.39 is 0 Å². The molecule has 1 amide bonds. The van der Waals surface area contributed by atoms with E-state index in [4.69, 9.17) is 9.47 Å². The highest BCUT2D eigenvalue weighted by Gasteiger charge is 2.12. The molecule has 0 bridgehead atoms. The quantitative estimate of drug-likeness (QED) is 0.446. The van der Waals surface area contributed by atoms with Gasteiger partial charge < -0.3 is 20.1 Å². The van der Waals surface area contributed by atoms with E-state index >= 15 is 0 Å². The lowest BCUT2D eigenvalue weighted by Gasteiger charge is -2.10. The number of carbonyl (C=O) groups is 1. The number of ether oxygens (including phenoxy) is 2. The molecule has 0 aliphatic heterocycles. The van der Waals surface area contributed by atoms with Crippen molar-refractivity contribution in [1.82, 2.24) is 9.97 Å². The van der Waals surface area contributed by atoms with E-state index in [1.807, 2.05) is 47.8 Å². The van der Waals surface area contributed by atoms with Crippen LogP contribution >= 0.6 is 22.7 Å². The lowest BCUT2D eigenvalue weighted by atomic mass is 10.2. The molecule has 0 saturated carbocycles. The van der Waals surface area contributed by atoms with E-state index in [9.17, 15) is 4.79 Å². The SMILES string of the molecule is COc1ccc(OC)c(Nc2nc(CC(=O)Nc3nc4ccccc4s3)cs2)c1. The molecule has 0 aliphatic rings. The largest absolute Gasteiger partial charge is 0.497 e. The molecule has 0 spiro atoms. The Bertz CT molecular complexity index is 1120. The van der Waals surface area contributed by atoms with Crippen molar-refractivity contribution in [2.45, 2.75) is 6.42 Å². The highest BCUT2D eigenvalue weighted by molar-refractivity contribution is 7.22. The summed E-state index contributed by atoms with van der Waals surface area (Å²) in [4.78, 5) is 21.3. The van der Waals surface area contributed by atoms with Crippen LogP contribution < -0.4 is 20.1 Å². The van der Waals surface area contributed by atoms with Crippen molar-refractivity contribution in [3.63, 3.8) is 0 Å². The first-order valence-electron chi connectivity index (χ1n) is 8.73. The van der Waals surface area contributed by atoms with Gasteiger partial charge in [0.25, 0.3) is 0 Å². The standard InChI is InChI=1S/C20H18N4O3S2/c1-26-13-7-8-16(27-2)15(10-13)23-19-21-12(11-28-19)9-18(25)24-20-22-14-5-3-4-6-17(14)29-20/h3-8,10-11H,9H2,1-2H3,(H,21,23)(H,22,24,25). The van der Waals surface area contributed by atoms with Crippen LogP contribution in [0.3, 0.4) is 0 Å². The second kappa shape index (κ2) is 8.46. The zero-order chi connectivity index (χ0) is 20.2. The molecular weight excluding hydrogens is 408 g/mol. The Balaban J connectivity index is 1.42. The minimum atomic E-state index is -0.153. The van der Waals surface area contributed by atoms with Crippen LogP contribution in [0.25, 0.3) is 10.2 Å². The zero-order valence-electron chi connectivity index (χ0n) is 15.8. The van der Waals surface area contributed by atoms with Crippen LogP contribution in [-0.4, -0.2) is 30.1 Å². The molecule has 148 valence electrons. The van der Waals surface area contributed by atoms with E-state index in [1.165, 1.54) is 22.7 Å². The van der Waals surface area contributed by atoms with Gasteiger partial charge in [0.2, 0.25) is 5.91 Å². The van der Waals surface area contributed by atoms with Crippen LogP contribution in [0.5, 0.6) is 11.5 Å². The Labute approximate surface area is 175 Å². The lowest BCUT2D eigenvalue weighted by Crippen LogP contribution is -2.14. The predicted octanol–water partition coefficient (Wildman–Crippen LogP) is 4.69. The highest BCUT2D eigenvalue weighted by Crippen LogP contribution is 2.32. The molecule has 0 unspecified atom stereocenters. The summed E-state index contributed by atoms with van der Waals surface area (Å²) in [6, 6.07) is 13.3. The lowest BCUT2D eigenvalue weighted by molar-refractivity contribution is -0.115. The number of aromatic nitrogens is 2. The molecule has 0 saturated heterocycles. The number of para-hydroxylation sites is 1. The van der Waals surface area contributed by atoms with Gasteiger partial charge in [0.05, 0.1) is 42.2 Å². The number of methoxy groups -OCH3 is 2. The van der Waals surface area contributed by atoms with Gasteiger partial charge in [0, 0.05) is 11.4 Å². The minimum Gasteiger partial charge on any atom is -0.497 e. The fraction of sp³-hybridized carbons (Fsp3) is 0.150. The summed E-state index contributed by atoms with van der Waals surface area (Å²) in [7, 11) is 3.21. The predicted molar refractivity (Wildman–Crippen MR) is 117 cm³/mol. The van der Waals surface area contributed by atoms with Gasteiger partial charge in [-0.2, -0.15) is 0 Å². The average molecular weight is 427 g/mol. The van der Waals surface area contributed by atoms with Gasteiger partial charge in [-0.1, -0.05) is 23.5 Å². The number of hydrogen-bond acceptors (Lipinski definition) is 8. The van der Waals surface area contributed by atoms with Crippen molar-refractivity contribution >= 4 is 54.7 Å². The zero-order valence-corrected chi connectivity index (χ0v) is 17.4. The van der Waals surface area contributed by atoms with Gasteiger partial charge in [0.1, 0.15) is 11.5 Å². The van der Waals surface area contributed by atoms with Crippen LogP contribution in [0.4, 0.5) is 16.0 Å². The number of anilines is 3. The number of benzene rings is 2. The second-order valence-electron chi connectivity index (χ2n) is 6.05. The highest BCUT2D eigenvalue weighted by atomic mass is 32.1. The van der Waals surface area contributed by atoms with E-state index in [1.54, 1.807) is 14.2 Å². The van der Waals surface area contributed by atoms with E-state index in [2.05, 4.69) is 20.6 Å². The third kappa shape index (κ3) is 4.47. The summed E-state index contributed by atoms with van der Waals surface area (Å²) in [5.74, 6) is 1.23. The molecule has 4 aromatic rings. The number of rotatable bonds is 7. The smallest absolute Gasteiger partial charge is 0.232 e. The van der Waals surface area contributed by atoms with Crippen LogP contribution in [0, 0.1) is 0 Å². The maximum atomic E-state index is 12.4. The van der Waals surface area contributed by atoms with Gasteiger partial charge in [-0.3, -0.25) is 4.79 Å². The summed E-state index contributed by atoms with van der Waals surface area (Å²) in [5.41, 5.74) is 2.30. The fourth-order valence-electron chi connectivity index (χ4n) is 2.73. The molecular formula is C20H18N4O3S2. The van der Waals surface area contributed by atoms with Gasteiger partial charge in [-0.15, -0.1) is 11.3 Å². The molecule has 4 rings (SSSR count). The third-order valence-electron chi connectivity index (χ3n) is 4.08. The van der Waals surface area contributed by atoms with Gasteiger partial charge in [-0.05, 0) is 24.3 Å². The third-order valence-corrected chi connectivity index (χ3v) is 5.84. The fourth-order valence-corrected chi connectivity index (χ4v) is 4.33. The van der Waals surface area contributed by atoms with E-state index in [0.29, 0.717) is 27.5 Å². The average Bonchev–Trinajstić information content (AvgIpc) is 3.33. The molecule has 7 nitrogen and oxygen atoms in total. The van der Waals surface area contributed by atoms with Crippen LogP contribution in [0.15, 0.2) is 47.8 Å². The van der Waals surface area contributed by atoms with Gasteiger partial charge >= 0.3 is 0 Å². The Kier molecular flexibility index (Phi) is 5.59. The van der Waals surface area contributed by atoms with Gasteiger partial charge in [0.15, 0.2) is 10.3 Å². The number of amides is 1. The molecule has 9 heteroatoms. The Morgan fingerprint density at radius 3 is 2.72 bits per heavy atom. The number of hydrogen-bond donors (Lipinski definition) is 2. The molecule has 0 atom stereocenters. The molecule has 2 heterocycles. The summed E-state index contributed by atoms with van der Waals surface area (Å²) < 4.78 is 11.7. The van der Waals surface area contributed by atoms with Crippen molar-refractivity contribution in [2.24, 2.45) is 0 Å². The van der Waals surface area contributed by atoms with Crippen LogP contribution in [-0.2, 0) is 11.2 Å². The molecule has 0 radical (unpaired) electrons. The van der Waals surface area contributed by atoms with Crippen molar-refractivity contribution in [3.05, 3.63) is 53.5 Å². The summed E-state index contributed by atoms with van der Waals surface area (Å²) >= 11 is 2.87. The molecule has 0 fully saturated rings. The second-order valence-corrected chi connectivity index (χ2v) is 7.94. The number of carbonyl (C=O) groups excluding carboxylic acids is 1. The molecule has 2 aromatic heterocycles. The van der Waals surface area contributed by atoms with Crippen molar-refractivity contribution in [2.75, 3.05) is 24.9 Å².